The second-order valence-corrected chi connectivity index (χ2v) is 11.6. The molecule has 5 rings (SSSR count). The van der Waals surface area contributed by atoms with E-state index in [2.05, 4.69) is 69.0 Å². The van der Waals surface area contributed by atoms with Crippen molar-refractivity contribution in [2.45, 2.75) is 38.3 Å². The quantitative estimate of drug-likeness (QED) is 0.512. The molecule has 38 heavy (non-hydrogen) atoms. The van der Waals surface area contributed by atoms with Gasteiger partial charge in [-0.25, -0.2) is 0 Å². The second kappa shape index (κ2) is 12.7. The molecule has 0 saturated carbocycles. The van der Waals surface area contributed by atoms with Crippen LogP contribution in [-0.4, -0.2) is 105 Å². The molecular weight excluding hydrogens is 476 g/mol. The van der Waals surface area contributed by atoms with Crippen molar-refractivity contribution >= 4 is 5.69 Å². The topological polar surface area (TPSA) is 51.7 Å². The zero-order valence-corrected chi connectivity index (χ0v) is 23.4. The van der Waals surface area contributed by atoms with Crippen molar-refractivity contribution in [3.05, 3.63) is 54.1 Å². The highest BCUT2D eigenvalue weighted by Crippen LogP contribution is 2.31. The number of methoxy groups -OCH3 is 1. The van der Waals surface area contributed by atoms with E-state index in [0.29, 0.717) is 13.2 Å². The van der Waals surface area contributed by atoms with Crippen molar-refractivity contribution < 1.29 is 14.6 Å². The maximum Gasteiger partial charge on any atom is 0.161 e. The van der Waals surface area contributed by atoms with Crippen LogP contribution in [-0.2, 0) is 6.54 Å². The Morgan fingerprint density at radius 1 is 0.868 bits per heavy atom. The molecule has 0 aromatic heterocycles. The number of piperidine rings is 1. The maximum atomic E-state index is 11.4. The van der Waals surface area contributed by atoms with E-state index in [9.17, 15) is 5.11 Å². The molecule has 1 atom stereocenters. The summed E-state index contributed by atoms with van der Waals surface area (Å²) in [6, 6.07) is 16.9. The first-order chi connectivity index (χ1) is 18.5. The molecule has 2 aromatic carbocycles. The number of benzene rings is 2. The van der Waals surface area contributed by atoms with Gasteiger partial charge in [-0.3, -0.25) is 14.7 Å². The number of piperazine rings is 1. The van der Waals surface area contributed by atoms with Crippen LogP contribution in [0.2, 0.25) is 0 Å². The van der Waals surface area contributed by atoms with Crippen molar-refractivity contribution in [2.24, 2.45) is 5.92 Å². The van der Waals surface area contributed by atoms with Gasteiger partial charge < -0.3 is 19.5 Å². The van der Waals surface area contributed by atoms with Gasteiger partial charge >= 0.3 is 0 Å². The van der Waals surface area contributed by atoms with Crippen molar-refractivity contribution in [1.82, 2.24) is 14.7 Å². The molecule has 0 amide bonds. The number of rotatable bonds is 10. The molecule has 2 aromatic rings. The lowest BCUT2D eigenvalue weighted by Gasteiger charge is -2.39. The van der Waals surface area contributed by atoms with Gasteiger partial charge in [0.05, 0.1) is 12.7 Å². The predicted octanol–water partition coefficient (Wildman–Crippen LogP) is 3.56. The number of hydrogen-bond acceptors (Lipinski definition) is 7. The molecule has 7 heteroatoms. The minimum atomic E-state index is -0.645. The van der Waals surface area contributed by atoms with Crippen LogP contribution in [0.4, 0.5) is 5.69 Å². The Morgan fingerprint density at radius 2 is 1.63 bits per heavy atom. The molecular formula is C31H46N4O3. The van der Waals surface area contributed by atoms with Gasteiger partial charge in [0.25, 0.3) is 0 Å². The van der Waals surface area contributed by atoms with Crippen LogP contribution in [0, 0.1) is 5.92 Å². The molecule has 3 aliphatic heterocycles. The summed E-state index contributed by atoms with van der Waals surface area (Å²) in [6.45, 7) is 13.5. The minimum absolute atomic E-state index is 0.645. The Kier molecular flexibility index (Phi) is 9.10. The van der Waals surface area contributed by atoms with Crippen LogP contribution < -0.4 is 14.4 Å². The largest absolute Gasteiger partial charge is 0.493 e. The SMILES string of the molecule is COc1cc(CN2CC[C@](O)(CN3CCN(c4ccccc4)CC3)C2)ccc1OCCN1CCC(C)CC1. The molecule has 3 heterocycles. The average molecular weight is 523 g/mol. The van der Waals surface area contributed by atoms with Crippen molar-refractivity contribution in [3.8, 4) is 11.5 Å². The highest BCUT2D eigenvalue weighted by Gasteiger charge is 2.38. The van der Waals surface area contributed by atoms with E-state index in [1.54, 1.807) is 7.11 Å². The fourth-order valence-corrected chi connectivity index (χ4v) is 6.18. The smallest absolute Gasteiger partial charge is 0.161 e. The van der Waals surface area contributed by atoms with Gasteiger partial charge in [-0.15, -0.1) is 0 Å². The van der Waals surface area contributed by atoms with Crippen molar-refractivity contribution in [1.29, 1.82) is 0 Å². The number of hydrogen-bond donors (Lipinski definition) is 1. The highest BCUT2D eigenvalue weighted by atomic mass is 16.5. The Hall–Kier alpha value is -2.32. The van der Waals surface area contributed by atoms with Crippen LogP contribution in [0.25, 0.3) is 0 Å². The van der Waals surface area contributed by atoms with E-state index in [1.165, 1.54) is 37.2 Å². The lowest BCUT2D eigenvalue weighted by Crippen LogP contribution is -2.52. The standard InChI is InChI=1S/C31H46N4O3/c1-26-10-13-32(14-11-26)20-21-38-29-9-8-27(22-30(29)37-2)23-34-15-12-31(36,25-34)24-33-16-18-35(19-17-33)28-6-4-3-5-7-28/h3-9,22,26,36H,10-21,23-25H2,1-2H3/t31-/m0/s1. The van der Waals surface area contributed by atoms with E-state index >= 15 is 0 Å². The van der Waals surface area contributed by atoms with Crippen molar-refractivity contribution in [3.63, 3.8) is 0 Å². The summed E-state index contributed by atoms with van der Waals surface area (Å²) in [5, 5.41) is 11.4. The van der Waals surface area contributed by atoms with E-state index in [0.717, 1.165) is 76.2 Å². The van der Waals surface area contributed by atoms with Gasteiger partial charge in [-0.05, 0) is 68.1 Å². The van der Waals surface area contributed by atoms with Gasteiger partial charge in [0, 0.05) is 64.6 Å². The summed E-state index contributed by atoms with van der Waals surface area (Å²) in [5.41, 5.74) is 1.84. The number of ether oxygens (including phenoxy) is 2. The zero-order chi connectivity index (χ0) is 26.4. The van der Waals surface area contributed by atoms with E-state index in [4.69, 9.17) is 9.47 Å². The Bertz CT molecular complexity index is 1010. The zero-order valence-electron chi connectivity index (χ0n) is 23.4. The average Bonchev–Trinajstić information content (AvgIpc) is 3.31. The summed E-state index contributed by atoms with van der Waals surface area (Å²) in [7, 11) is 1.71. The van der Waals surface area contributed by atoms with Crippen LogP contribution in [0.5, 0.6) is 11.5 Å². The van der Waals surface area contributed by atoms with Gasteiger partial charge in [0.1, 0.15) is 6.61 Å². The fraction of sp³-hybridized carbons (Fsp3) is 0.613. The van der Waals surface area contributed by atoms with Gasteiger partial charge in [0.2, 0.25) is 0 Å². The number of likely N-dealkylation sites (tertiary alicyclic amines) is 2. The molecule has 0 spiro atoms. The lowest BCUT2D eigenvalue weighted by atomic mass is 9.99. The number of aliphatic hydroxyl groups is 1. The first-order valence-corrected chi connectivity index (χ1v) is 14.5. The summed E-state index contributed by atoms with van der Waals surface area (Å²) in [4.78, 5) is 9.74. The molecule has 7 nitrogen and oxygen atoms in total. The number of anilines is 1. The predicted molar refractivity (Wildman–Crippen MR) is 153 cm³/mol. The van der Waals surface area contributed by atoms with E-state index in [1.807, 2.05) is 6.07 Å². The summed E-state index contributed by atoms with van der Waals surface area (Å²) >= 11 is 0. The first kappa shape index (κ1) is 27.3. The third kappa shape index (κ3) is 7.20. The van der Waals surface area contributed by atoms with E-state index in [-0.39, 0.29) is 0 Å². The number of β-amino-alcohol motifs (C(OH)–C–C–N with tert-alkyl or cyclic N) is 1. The Balaban J connectivity index is 1.07. The minimum Gasteiger partial charge on any atom is -0.493 e. The first-order valence-electron chi connectivity index (χ1n) is 14.5. The monoisotopic (exact) mass is 522 g/mol. The third-order valence-corrected chi connectivity index (χ3v) is 8.60. The summed E-state index contributed by atoms with van der Waals surface area (Å²) in [6.07, 6.45) is 3.39. The molecule has 3 fully saturated rings. The maximum absolute atomic E-state index is 11.4. The number of para-hydroxylation sites is 1. The second-order valence-electron chi connectivity index (χ2n) is 11.6. The van der Waals surface area contributed by atoms with Gasteiger partial charge in [0.15, 0.2) is 11.5 Å². The number of nitrogens with zero attached hydrogens (tertiary/aromatic N) is 4. The lowest BCUT2D eigenvalue weighted by molar-refractivity contribution is 0.00978. The van der Waals surface area contributed by atoms with Crippen LogP contribution in [0.1, 0.15) is 31.7 Å². The summed E-state index contributed by atoms with van der Waals surface area (Å²) in [5.74, 6) is 2.46. The molecule has 208 valence electrons. The highest BCUT2D eigenvalue weighted by molar-refractivity contribution is 5.46. The molecule has 3 saturated heterocycles. The third-order valence-electron chi connectivity index (χ3n) is 8.60. The summed E-state index contributed by atoms with van der Waals surface area (Å²) < 4.78 is 11.8. The molecule has 0 aliphatic carbocycles. The Labute approximate surface area is 228 Å². The normalized spacial score (nSPS) is 24.1. The van der Waals surface area contributed by atoms with Gasteiger partial charge in [-0.1, -0.05) is 31.2 Å². The molecule has 1 N–H and O–H groups in total. The van der Waals surface area contributed by atoms with Crippen molar-refractivity contribution in [2.75, 3.05) is 84.1 Å². The molecule has 3 aliphatic rings. The molecule has 0 radical (unpaired) electrons. The van der Waals surface area contributed by atoms with E-state index < -0.39 is 5.60 Å². The molecule has 0 unspecified atom stereocenters. The van der Waals surface area contributed by atoms with Crippen LogP contribution >= 0.6 is 0 Å². The fourth-order valence-electron chi connectivity index (χ4n) is 6.18. The van der Waals surface area contributed by atoms with Gasteiger partial charge in [-0.2, -0.15) is 0 Å². The van der Waals surface area contributed by atoms with Crippen LogP contribution in [0.3, 0.4) is 0 Å². The molecule has 0 bridgehead atoms. The Morgan fingerprint density at radius 3 is 2.37 bits per heavy atom. The van der Waals surface area contributed by atoms with Crippen LogP contribution in [0.15, 0.2) is 48.5 Å².